The molecule has 18 heavy (non-hydrogen) atoms. The molecular weight excluding hydrogens is 224 g/mol. The molecule has 2 bridgehead atoms. The fourth-order valence-corrected chi connectivity index (χ4v) is 3.32. The van der Waals surface area contributed by atoms with Crippen LogP contribution in [0.15, 0.2) is 24.3 Å². The van der Waals surface area contributed by atoms with Gasteiger partial charge in [-0.1, -0.05) is 0 Å². The van der Waals surface area contributed by atoms with E-state index in [4.69, 9.17) is 0 Å². The Morgan fingerprint density at radius 3 is 2.11 bits per heavy atom. The number of rotatable bonds is 2. The summed E-state index contributed by atoms with van der Waals surface area (Å²) in [5, 5.41) is 0. The molecule has 0 N–H and O–H groups in total. The van der Waals surface area contributed by atoms with Crippen LogP contribution in [-0.2, 0) is 4.79 Å². The van der Waals surface area contributed by atoms with Crippen LogP contribution in [0.3, 0.4) is 0 Å². The van der Waals surface area contributed by atoms with Crippen molar-refractivity contribution in [3.8, 4) is 0 Å². The second kappa shape index (κ2) is 4.30. The molecule has 2 atom stereocenters. The van der Waals surface area contributed by atoms with Gasteiger partial charge in [0, 0.05) is 50.4 Å². The first-order valence-corrected chi connectivity index (χ1v) is 6.72. The van der Waals surface area contributed by atoms with Gasteiger partial charge in [0.25, 0.3) is 0 Å². The van der Waals surface area contributed by atoms with Crippen LogP contribution in [-0.4, -0.2) is 32.0 Å². The van der Waals surface area contributed by atoms with Gasteiger partial charge in [0.05, 0.1) is 0 Å². The van der Waals surface area contributed by atoms with E-state index >= 15 is 0 Å². The Labute approximate surface area is 108 Å². The van der Waals surface area contributed by atoms with Gasteiger partial charge in [0.1, 0.15) is 5.78 Å². The highest BCUT2D eigenvalue weighted by atomic mass is 16.1. The van der Waals surface area contributed by atoms with Crippen LogP contribution in [0.5, 0.6) is 0 Å². The summed E-state index contributed by atoms with van der Waals surface area (Å²) < 4.78 is 0. The number of anilines is 2. The van der Waals surface area contributed by atoms with Gasteiger partial charge in [-0.25, -0.2) is 0 Å². The van der Waals surface area contributed by atoms with Crippen LogP contribution >= 0.6 is 0 Å². The predicted molar refractivity (Wildman–Crippen MR) is 74.3 cm³/mol. The SMILES string of the molecule is CN(C)c1ccc(N2C3CCC2CC(=O)C3)cc1. The van der Waals surface area contributed by atoms with Crippen molar-refractivity contribution in [2.45, 2.75) is 37.8 Å². The first-order chi connectivity index (χ1) is 8.65. The zero-order valence-electron chi connectivity index (χ0n) is 11.1. The zero-order chi connectivity index (χ0) is 12.7. The van der Waals surface area contributed by atoms with Crippen LogP contribution in [0, 0.1) is 0 Å². The van der Waals surface area contributed by atoms with E-state index in [1.807, 2.05) is 0 Å². The maximum absolute atomic E-state index is 11.6. The summed E-state index contributed by atoms with van der Waals surface area (Å²) in [5.41, 5.74) is 2.50. The molecular formula is C15H20N2O. The Hall–Kier alpha value is -1.51. The number of hydrogen-bond acceptors (Lipinski definition) is 3. The lowest BCUT2D eigenvalue weighted by atomic mass is 10.0. The van der Waals surface area contributed by atoms with Gasteiger partial charge in [-0.3, -0.25) is 4.79 Å². The van der Waals surface area contributed by atoms with Crippen molar-refractivity contribution in [1.82, 2.24) is 0 Å². The number of carbonyl (C=O) groups excluding carboxylic acids is 1. The van der Waals surface area contributed by atoms with Gasteiger partial charge in [0.15, 0.2) is 0 Å². The highest BCUT2D eigenvalue weighted by molar-refractivity contribution is 5.83. The molecule has 0 aromatic heterocycles. The monoisotopic (exact) mass is 244 g/mol. The van der Waals surface area contributed by atoms with Crippen LogP contribution in [0.2, 0.25) is 0 Å². The van der Waals surface area contributed by atoms with E-state index in [1.54, 1.807) is 0 Å². The first kappa shape index (κ1) is 11.6. The summed E-state index contributed by atoms with van der Waals surface area (Å²) in [6.07, 6.45) is 3.83. The summed E-state index contributed by atoms with van der Waals surface area (Å²) in [6, 6.07) is 9.59. The Morgan fingerprint density at radius 1 is 1.06 bits per heavy atom. The summed E-state index contributed by atoms with van der Waals surface area (Å²) in [5.74, 6) is 0.448. The maximum atomic E-state index is 11.6. The Balaban J connectivity index is 1.85. The third-order valence-corrected chi connectivity index (χ3v) is 4.21. The van der Waals surface area contributed by atoms with E-state index in [2.05, 4.69) is 48.2 Å². The second-order valence-corrected chi connectivity index (χ2v) is 5.65. The van der Waals surface area contributed by atoms with E-state index in [9.17, 15) is 4.79 Å². The fraction of sp³-hybridized carbons (Fsp3) is 0.533. The van der Waals surface area contributed by atoms with Crippen LogP contribution in [0.1, 0.15) is 25.7 Å². The zero-order valence-corrected chi connectivity index (χ0v) is 11.1. The van der Waals surface area contributed by atoms with E-state index in [0.717, 1.165) is 12.8 Å². The van der Waals surface area contributed by atoms with Crippen molar-refractivity contribution in [1.29, 1.82) is 0 Å². The Kier molecular flexibility index (Phi) is 2.77. The van der Waals surface area contributed by atoms with Crippen molar-refractivity contribution in [2.24, 2.45) is 0 Å². The predicted octanol–water partition coefficient (Wildman–Crippen LogP) is 2.45. The van der Waals surface area contributed by atoms with Crippen molar-refractivity contribution in [2.75, 3.05) is 23.9 Å². The Bertz CT molecular complexity index is 436. The maximum Gasteiger partial charge on any atom is 0.137 e. The Morgan fingerprint density at radius 2 is 1.61 bits per heavy atom. The van der Waals surface area contributed by atoms with Gasteiger partial charge >= 0.3 is 0 Å². The molecule has 1 aromatic carbocycles. The third-order valence-electron chi connectivity index (χ3n) is 4.21. The average Bonchev–Trinajstić information content (AvgIpc) is 2.62. The minimum Gasteiger partial charge on any atom is -0.378 e. The summed E-state index contributed by atoms with van der Waals surface area (Å²) in [6.45, 7) is 0. The third kappa shape index (κ3) is 1.88. The van der Waals surface area contributed by atoms with Crippen LogP contribution in [0.25, 0.3) is 0 Å². The molecule has 3 heteroatoms. The first-order valence-electron chi connectivity index (χ1n) is 6.72. The molecule has 1 aromatic rings. The van der Waals surface area contributed by atoms with E-state index in [0.29, 0.717) is 17.9 Å². The number of carbonyl (C=O) groups is 1. The van der Waals surface area contributed by atoms with Gasteiger partial charge in [-0.15, -0.1) is 0 Å². The summed E-state index contributed by atoms with van der Waals surface area (Å²) in [7, 11) is 4.11. The average molecular weight is 244 g/mol. The number of Topliss-reactive ketones (excluding diaryl/α,β-unsaturated/α-hetero) is 1. The van der Waals surface area contributed by atoms with Crippen molar-refractivity contribution in [3.63, 3.8) is 0 Å². The topological polar surface area (TPSA) is 23.6 Å². The summed E-state index contributed by atoms with van der Waals surface area (Å²) >= 11 is 0. The molecule has 0 saturated carbocycles. The molecule has 0 amide bonds. The lowest BCUT2D eigenvalue weighted by Crippen LogP contribution is -2.43. The van der Waals surface area contributed by atoms with Crippen molar-refractivity contribution in [3.05, 3.63) is 24.3 Å². The number of hydrogen-bond donors (Lipinski definition) is 0. The number of benzene rings is 1. The molecule has 2 unspecified atom stereocenters. The molecule has 0 aliphatic carbocycles. The normalized spacial score (nSPS) is 26.6. The van der Waals surface area contributed by atoms with Crippen molar-refractivity contribution >= 4 is 17.2 Å². The molecule has 0 radical (unpaired) electrons. The van der Waals surface area contributed by atoms with Gasteiger partial charge in [0.2, 0.25) is 0 Å². The quantitative estimate of drug-likeness (QED) is 0.798. The van der Waals surface area contributed by atoms with Gasteiger partial charge < -0.3 is 9.80 Å². The van der Waals surface area contributed by atoms with Gasteiger partial charge in [-0.05, 0) is 37.1 Å². The smallest absolute Gasteiger partial charge is 0.137 e. The number of fused-ring (bicyclic) bond motifs is 2. The van der Waals surface area contributed by atoms with Gasteiger partial charge in [-0.2, -0.15) is 0 Å². The minimum absolute atomic E-state index is 0.446. The van der Waals surface area contributed by atoms with E-state index in [1.165, 1.54) is 24.2 Å². The standard InChI is InChI=1S/C15H20N2O/c1-16(2)11-3-5-12(6-4-11)17-13-7-8-14(17)10-15(18)9-13/h3-6,13-14H,7-10H2,1-2H3. The molecule has 2 saturated heterocycles. The fourth-order valence-electron chi connectivity index (χ4n) is 3.32. The van der Waals surface area contributed by atoms with Crippen LogP contribution < -0.4 is 9.80 Å². The minimum atomic E-state index is 0.446. The summed E-state index contributed by atoms with van der Waals surface area (Å²) in [4.78, 5) is 16.2. The molecule has 3 nitrogen and oxygen atoms in total. The highest BCUT2D eigenvalue weighted by Gasteiger charge is 2.39. The molecule has 0 spiro atoms. The number of nitrogens with zero attached hydrogens (tertiary/aromatic N) is 2. The molecule has 2 heterocycles. The van der Waals surface area contributed by atoms with E-state index in [-0.39, 0.29) is 0 Å². The molecule has 2 fully saturated rings. The van der Waals surface area contributed by atoms with E-state index < -0.39 is 0 Å². The lowest BCUT2D eigenvalue weighted by molar-refractivity contribution is -0.120. The van der Waals surface area contributed by atoms with Crippen molar-refractivity contribution < 1.29 is 4.79 Å². The van der Waals surface area contributed by atoms with Crippen LogP contribution in [0.4, 0.5) is 11.4 Å². The molecule has 2 aliphatic rings. The molecule has 2 aliphatic heterocycles. The second-order valence-electron chi connectivity index (χ2n) is 5.65. The lowest BCUT2D eigenvalue weighted by Gasteiger charge is -2.36. The molecule has 3 rings (SSSR count). The number of piperidine rings is 1. The largest absolute Gasteiger partial charge is 0.378 e. The highest BCUT2D eigenvalue weighted by Crippen LogP contribution is 2.38. The number of ketones is 1. The molecule has 96 valence electrons.